The Balaban J connectivity index is 1.87. The largest absolute Gasteiger partial charge is 0.480 e. The predicted molar refractivity (Wildman–Crippen MR) is 154 cm³/mol. The van der Waals surface area contributed by atoms with Crippen LogP contribution in [-0.2, 0) is 36.8 Å². The van der Waals surface area contributed by atoms with Gasteiger partial charge in [0.15, 0.2) is 0 Å². The number of amides is 4. The molecular formula is C28H38N8O6. The van der Waals surface area contributed by atoms with Gasteiger partial charge in [0.05, 0.1) is 12.4 Å². The Labute approximate surface area is 242 Å². The number of nitrogens with one attached hydrogen (secondary N) is 5. The molecule has 0 aliphatic rings. The smallest absolute Gasteiger partial charge is 0.326 e. The van der Waals surface area contributed by atoms with Crippen LogP contribution in [0, 0.1) is 5.92 Å². The minimum Gasteiger partial charge on any atom is -0.480 e. The number of rotatable bonds is 16. The highest BCUT2D eigenvalue weighted by atomic mass is 16.4. The zero-order chi connectivity index (χ0) is 30.8. The Morgan fingerprint density at radius 1 is 0.952 bits per heavy atom. The van der Waals surface area contributed by atoms with E-state index >= 15 is 0 Å². The van der Waals surface area contributed by atoms with Crippen LogP contribution >= 0.6 is 0 Å². The molecule has 5 unspecified atom stereocenters. The van der Waals surface area contributed by atoms with Crippen molar-refractivity contribution < 1.29 is 29.1 Å². The molecule has 10 N–H and O–H groups in total. The van der Waals surface area contributed by atoms with Crippen molar-refractivity contribution in [3.8, 4) is 0 Å². The van der Waals surface area contributed by atoms with Crippen molar-refractivity contribution in [2.45, 2.75) is 70.1 Å². The third kappa shape index (κ3) is 8.64. The van der Waals surface area contributed by atoms with Gasteiger partial charge in [-0.2, -0.15) is 0 Å². The van der Waals surface area contributed by atoms with Crippen LogP contribution in [0.2, 0.25) is 0 Å². The lowest BCUT2D eigenvalue weighted by Crippen LogP contribution is -2.58. The second kappa shape index (κ2) is 14.8. The molecule has 0 spiro atoms. The van der Waals surface area contributed by atoms with Crippen molar-refractivity contribution >= 4 is 40.5 Å². The van der Waals surface area contributed by atoms with E-state index in [0.29, 0.717) is 12.1 Å². The summed E-state index contributed by atoms with van der Waals surface area (Å²) >= 11 is 0. The SMILES string of the molecule is CCC(C)C(N)C(=O)NC(Cc1c[nH]c2ccccc12)C(=O)NC(Cc1cnc[nH]1)C(=O)NC(CCC(N)=O)C(=O)O. The van der Waals surface area contributed by atoms with E-state index in [1.54, 1.807) is 6.20 Å². The number of hydrogen-bond donors (Lipinski definition) is 8. The molecular weight excluding hydrogens is 544 g/mol. The molecule has 14 nitrogen and oxygen atoms in total. The van der Waals surface area contributed by atoms with Gasteiger partial charge >= 0.3 is 5.97 Å². The molecule has 5 atom stereocenters. The minimum atomic E-state index is -1.42. The molecule has 226 valence electrons. The Kier molecular flexibility index (Phi) is 11.2. The van der Waals surface area contributed by atoms with Crippen LogP contribution in [0.4, 0.5) is 0 Å². The van der Waals surface area contributed by atoms with E-state index in [4.69, 9.17) is 11.5 Å². The molecule has 0 bridgehead atoms. The second-order valence-corrected chi connectivity index (χ2v) is 10.3. The molecule has 1 aromatic carbocycles. The lowest BCUT2D eigenvalue weighted by molar-refractivity contribution is -0.142. The summed E-state index contributed by atoms with van der Waals surface area (Å²) in [6.45, 7) is 3.74. The summed E-state index contributed by atoms with van der Waals surface area (Å²) in [5, 5.41) is 18.2. The number of para-hydroxylation sites is 1. The number of primary amides is 1. The van der Waals surface area contributed by atoms with Gasteiger partial charge in [-0.1, -0.05) is 38.5 Å². The molecule has 3 aromatic rings. The van der Waals surface area contributed by atoms with Crippen molar-refractivity contribution in [2.24, 2.45) is 17.4 Å². The fourth-order valence-corrected chi connectivity index (χ4v) is 4.42. The van der Waals surface area contributed by atoms with Gasteiger partial charge in [-0.05, 0) is 24.0 Å². The number of carbonyl (C=O) groups is 5. The zero-order valence-corrected chi connectivity index (χ0v) is 23.6. The number of carboxylic acid groups (broad SMARTS) is 1. The van der Waals surface area contributed by atoms with Crippen molar-refractivity contribution in [2.75, 3.05) is 0 Å². The van der Waals surface area contributed by atoms with Crippen LogP contribution in [0.15, 0.2) is 43.0 Å². The molecule has 14 heteroatoms. The molecule has 0 fully saturated rings. The second-order valence-electron chi connectivity index (χ2n) is 10.3. The average molecular weight is 583 g/mol. The first-order chi connectivity index (χ1) is 20.0. The number of aromatic nitrogens is 3. The number of aliphatic carboxylic acids is 1. The van der Waals surface area contributed by atoms with Gasteiger partial charge in [0, 0.05) is 48.3 Å². The summed E-state index contributed by atoms with van der Waals surface area (Å²) in [5.74, 6) is -4.22. The maximum absolute atomic E-state index is 13.7. The van der Waals surface area contributed by atoms with Crippen molar-refractivity contribution in [3.63, 3.8) is 0 Å². The minimum absolute atomic E-state index is 0.0557. The van der Waals surface area contributed by atoms with Crippen LogP contribution in [0.25, 0.3) is 10.9 Å². The standard InChI is InChI=1S/C28H38N8O6/c1-3-15(2)24(30)27(40)36-21(10-16-12-32-19-7-5-4-6-18(16)19)25(38)35-22(11-17-13-31-14-33-17)26(39)34-20(28(41)42)8-9-23(29)37/h4-7,12-15,20-22,24,32H,3,8-11,30H2,1-2H3,(H2,29,37)(H,31,33)(H,34,39)(H,35,38)(H,36,40)(H,41,42). The molecule has 0 radical (unpaired) electrons. The van der Waals surface area contributed by atoms with E-state index in [1.807, 2.05) is 38.1 Å². The lowest BCUT2D eigenvalue weighted by Gasteiger charge is -2.26. The summed E-state index contributed by atoms with van der Waals surface area (Å²) in [4.78, 5) is 72.9. The fraction of sp³-hybridized carbons (Fsp3) is 0.429. The first kappa shape index (κ1) is 31.8. The van der Waals surface area contributed by atoms with E-state index in [0.717, 1.165) is 16.5 Å². The van der Waals surface area contributed by atoms with E-state index in [-0.39, 0.29) is 31.6 Å². The highest BCUT2D eigenvalue weighted by Crippen LogP contribution is 2.19. The number of fused-ring (bicyclic) bond motifs is 1. The normalized spacial score (nSPS) is 14.7. The summed E-state index contributed by atoms with van der Waals surface area (Å²) in [5.41, 5.74) is 13.4. The Morgan fingerprint density at radius 3 is 2.21 bits per heavy atom. The van der Waals surface area contributed by atoms with Crippen LogP contribution in [0.1, 0.15) is 44.4 Å². The lowest BCUT2D eigenvalue weighted by atomic mass is 9.98. The first-order valence-electron chi connectivity index (χ1n) is 13.7. The maximum atomic E-state index is 13.7. The highest BCUT2D eigenvalue weighted by molar-refractivity contribution is 5.95. The molecule has 2 heterocycles. The average Bonchev–Trinajstić information content (AvgIpc) is 3.63. The summed E-state index contributed by atoms with van der Waals surface area (Å²) in [7, 11) is 0. The summed E-state index contributed by atoms with van der Waals surface area (Å²) in [6.07, 6.45) is 4.80. The van der Waals surface area contributed by atoms with Gasteiger partial charge in [-0.25, -0.2) is 9.78 Å². The molecule has 3 rings (SSSR count). The monoisotopic (exact) mass is 582 g/mol. The van der Waals surface area contributed by atoms with Gasteiger partial charge in [0.25, 0.3) is 0 Å². The topological polar surface area (TPSA) is 238 Å². The molecule has 0 aliphatic carbocycles. The van der Waals surface area contributed by atoms with Crippen molar-refractivity contribution in [3.05, 3.63) is 54.2 Å². The van der Waals surface area contributed by atoms with Crippen molar-refractivity contribution in [1.82, 2.24) is 30.9 Å². The summed E-state index contributed by atoms with van der Waals surface area (Å²) in [6, 6.07) is 2.84. The number of hydrogen-bond acceptors (Lipinski definition) is 7. The number of aromatic amines is 2. The van der Waals surface area contributed by atoms with Gasteiger partial charge in [-0.15, -0.1) is 0 Å². The quantitative estimate of drug-likeness (QED) is 0.113. The number of nitrogens with two attached hydrogens (primary N) is 2. The number of nitrogens with zero attached hydrogens (tertiary/aromatic N) is 1. The molecule has 0 saturated heterocycles. The van der Waals surface area contributed by atoms with Crippen molar-refractivity contribution in [1.29, 1.82) is 0 Å². The Hall–Kier alpha value is -4.72. The molecule has 2 aromatic heterocycles. The van der Waals surface area contributed by atoms with Crippen LogP contribution in [0.3, 0.4) is 0 Å². The van der Waals surface area contributed by atoms with Gasteiger partial charge < -0.3 is 42.5 Å². The number of carboxylic acids is 1. The molecule has 4 amide bonds. The fourth-order valence-electron chi connectivity index (χ4n) is 4.42. The molecule has 0 saturated carbocycles. The predicted octanol–water partition coefficient (Wildman–Crippen LogP) is -0.146. The van der Waals surface area contributed by atoms with Crippen LogP contribution in [0.5, 0.6) is 0 Å². The van der Waals surface area contributed by atoms with E-state index < -0.39 is 53.8 Å². The van der Waals surface area contributed by atoms with E-state index in [1.165, 1.54) is 12.5 Å². The van der Waals surface area contributed by atoms with E-state index in [9.17, 15) is 29.1 Å². The number of benzene rings is 1. The zero-order valence-electron chi connectivity index (χ0n) is 23.6. The Bertz CT molecular complexity index is 1390. The van der Waals surface area contributed by atoms with E-state index in [2.05, 4.69) is 30.9 Å². The number of carbonyl (C=O) groups excluding carboxylic acids is 4. The van der Waals surface area contributed by atoms with Crippen LogP contribution in [-0.4, -0.2) is 73.8 Å². The van der Waals surface area contributed by atoms with Gasteiger partial charge in [0.1, 0.15) is 18.1 Å². The van der Waals surface area contributed by atoms with Crippen LogP contribution < -0.4 is 27.4 Å². The highest BCUT2D eigenvalue weighted by Gasteiger charge is 2.32. The maximum Gasteiger partial charge on any atom is 0.326 e. The number of H-pyrrole nitrogens is 2. The third-order valence-corrected chi connectivity index (χ3v) is 7.20. The van der Waals surface area contributed by atoms with Gasteiger partial charge in [-0.3, -0.25) is 19.2 Å². The van der Waals surface area contributed by atoms with Gasteiger partial charge in [0.2, 0.25) is 23.6 Å². The first-order valence-corrected chi connectivity index (χ1v) is 13.7. The Morgan fingerprint density at radius 2 is 1.60 bits per heavy atom. The number of imidazole rings is 1. The third-order valence-electron chi connectivity index (χ3n) is 7.20. The molecule has 42 heavy (non-hydrogen) atoms. The summed E-state index contributed by atoms with van der Waals surface area (Å²) < 4.78 is 0. The molecule has 0 aliphatic heterocycles.